The lowest BCUT2D eigenvalue weighted by Crippen LogP contribution is -2.17. The molecule has 4 rings (SSSR count). The second-order valence-electron chi connectivity index (χ2n) is 6.00. The molecule has 0 radical (unpaired) electrons. The number of aromatic amines is 1. The maximum atomic E-state index is 12.8. The molecule has 0 fully saturated rings. The number of H-pyrrole nitrogens is 1. The quantitative estimate of drug-likeness (QED) is 0.368. The monoisotopic (exact) mass is 538 g/mol. The molecule has 0 atom stereocenters. The number of hydrogen-bond acceptors (Lipinski definition) is 3. The standard InChI is InChI=1S/C18H12BrIN4OS/c1-10-6-15(19)14(12-4-5-24(26-20)17(10)12)9-23-18(25)13-7-11(8-21)2-3-16(13)22-23/h2-7,22H,9H2,1H3. The molecule has 2 heterocycles. The van der Waals surface area contributed by atoms with Crippen LogP contribution in [0.4, 0.5) is 0 Å². The molecule has 26 heavy (non-hydrogen) atoms. The smallest absolute Gasteiger partial charge is 0.274 e. The molecule has 1 N–H and O–H groups in total. The first-order valence-electron chi connectivity index (χ1n) is 7.74. The molecule has 0 spiro atoms. The van der Waals surface area contributed by atoms with Gasteiger partial charge in [-0.15, -0.1) is 0 Å². The zero-order chi connectivity index (χ0) is 18.4. The van der Waals surface area contributed by atoms with E-state index in [9.17, 15) is 4.79 Å². The van der Waals surface area contributed by atoms with Crippen LogP contribution in [-0.2, 0) is 6.54 Å². The fourth-order valence-electron chi connectivity index (χ4n) is 3.24. The van der Waals surface area contributed by atoms with E-state index in [-0.39, 0.29) is 5.56 Å². The van der Waals surface area contributed by atoms with E-state index < -0.39 is 0 Å². The van der Waals surface area contributed by atoms with Crippen molar-refractivity contribution in [1.82, 2.24) is 13.8 Å². The van der Waals surface area contributed by atoms with E-state index in [1.54, 1.807) is 32.0 Å². The second-order valence-corrected chi connectivity index (χ2v) is 8.57. The largest absolute Gasteiger partial charge is 0.295 e. The van der Waals surface area contributed by atoms with Gasteiger partial charge < -0.3 is 0 Å². The van der Waals surface area contributed by atoms with Gasteiger partial charge in [0.2, 0.25) is 0 Å². The Hall–Kier alpha value is -1.70. The first kappa shape index (κ1) is 17.7. The molecular weight excluding hydrogens is 527 g/mol. The number of nitrogens with one attached hydrogen (secondary N) is 1. The van der Waals surface area contributed by atoms with Crippen LogP contribution in [0.2, 0.25) is 0 Å². The third-order valence-electron chi connectivity index (χ3n) is 4.45. The fraction of sp³-hybridized carbons (Fsp3) is 0.111. The lowest BCUT2D eigenvalue weighted by molar-refractivity contribution is 0.674. The number of aryl methyl sites for hydroxylation is 1. The van der Waals surface area contributed by atoms with Gasteiger partial charge in [-0.1, -0.05) is 15.9 Å². The predicted molar refractivity (Wildman–Crippen MR) is 118 cm³/mol. The predicted octanol–water partition coefficient (Wildman–Crippen LogP) is 5.12. The number of aromatic nitrogens is 3. The van der Waals surface area contributed by atoms with E-state index in [0.29, 0.717) is 17.5 Å². The maximum Gasteiger partial charge on any atom is 0.274 e. The van der Waals surface area contributed by atoms with Crippen LogP contribution in [0, 0.1) is 18.3 Å². The van der Waals surface area contributed by atoms with Crippen molar-refractivity contribution >= 4 is 68.1 Å². The van der Waals surface area contributed by atoms with Crippen LogP contribution >= 0.6 is 46.3 Å². The molecule has 2 aromatic carbocycles. The van der Waals surface area contributed by atoms with Gasteiger partial charge in [0.15, 0.2) is 0 Å². The zero-order valence-electron chi connectivity index (χ0n) is 13.6. The van der Waals surface area contributed by atoms with Gasteiger partial charge in [-0.25, -0.2) is 4.68 Å². The molecule has 0 saturated heterocycles. The van der Waals surface area contributed by atoms with Crippen LogP contribution in [0.3, 0.4) is 0 Å². The Balaban J connectivity index is 1.90. The number of nitrogens with zero attached hydrogens (tertiary/aromatic N) is 3. The van der Waals surface area contributed by atoms with Gasteiger partial charge in [0.05, 0.1) is 34.6 Å². The fourth-order valence-corrected chi connectivity index (χ4v) is 5.32. The average Bonchev–Trinajstić information content (AvgIpc) is 3.20. The van der Waals surface area contributed by atoms with Crippen molar-refractivity contribution in [2.24, 2.45) is 0 Å². The van der Waals surface area contributed by atoms with E-state index in [1.807, 2.05) is 6.20 Å². The van der Waals surface area contributed by atoms with Gasteiger partial charge in [0, 0.05) is 46.4 Å². The summed E-state index contributed by atoms with van der Waals surface area (Å²) in [4.78, 5) is 12.8. The van der Waals surface area contributed by atoms with Gasteiger partial charge in [0.25, 0.3) is 5.56 Å². The summed E-state index contributed by atoms with van der Waals surface area (Å²) < 4.78 is 4.69. The van der Waals surface area contributed by atoms with Gasteiger partial charge in [0.1, 0.15) is 0 Å². The number of hydrogen-bond donors (Lipinski definition) is 1. The number of halogens is 2. The Morgan fingerprint density at radius 1 is 1.31 bits per heavy atom. The van der Waals surface area contributed by atoms with E-state index in [2.05, 4.69) is 71.3 Å². The second kappa shape index (κ2) is 6.79. The minimum absolute atomic E-state index is 0.125. The summed E-state index contributed by atoms with van der Waals surface area (Å²) in [6.45, 7) is 2.50. The molecule has 130 valence electrons. The van der Waals surface area contributed by atoms with Crippen LogP contribution < -0.4 is 5.56 Å². The van der Waals surface area contributed by atoms with Crippen molar-refractivity contribution in [3.63, 3.8) is 0 Å². The third-order valence-corrected chi connectivity index (χ3v) is 6.89. The summed E-state index contributed by atoms with van der Waals surface area (Å²) in [5.41, 5.74) is 4.46. The van der Waals surface area contributed by atoms with E-state index >= 15 is 0 Å². The molecule has 0 unspecified atom stereocenters. The topological polar surface area (TPSA) is 66.5 Å². The summed E-state index contributed by atoms with van der Waals surface area (Å²) in [5.74, 6) is 0. The summed E-state index contributed by atoms with van der Waals surface area (Å²) in [6.07, 6.45) is 2.04. The zero-order valence-corrected chi connectivity index (χ0v) is 18.1. The minimum atomic E-state index is -0.125. The molecule has 2 aromatic heterocycles. The Morgan fingerprint density at radius 2 is 2.12 bits per heavy atom. The van der Waals surface area contributed by atoms with E-state index in [1.165, 1.54) is 5.56 Å². The molecule has 0 aliphatic rings. The number of benzene rings is 2. The van der Waals surface area contributed by atoms with Crippen LogP contribution in [-0.4, -0.2) is 13.8 Å². The normalized spacial score (nSPS) is 11.3. The molecule has 4 aromatic rings. The van der Waals surface area contributed by atoms with Gasteiger partial charge in [-0.2, -0.15) is 5.26 Å². The minimum Gasteiger partial charge on any atom is -0.295 e. The summed E-state index contributed by atoms with van der Waals surface area (Å²) in [6, 6.07) is 11.4. The summed E-state index contributed by atoms with van der Waals surface area (Å²) in [5, 5.41) is 13.9. The first-order chi connectivity index (χ1) is 12.5. The van der Waals surface area contributed by atoms with Crippen molar-refractivity contribution in [1.29, 1.82) is 5.26 Å². The van der Waals surface area contributed by atoms with Crippen molar-refractivity contribution in [2.45, 2.75) is 13.5 Å². The Labute approximate surface area is 173 Å². The lowest BCUT2D eigenvalue weighted by Gasteiger charge is -2.11. The molecule has 0 saturated carbocycles. The summed E-state index contributed by atoms with van der Waals surface area (Å²) in [7, 11) is 1.62. The van der Waals surface area contributed by atoms with Crippen molar-refractivity contribution < 1.29 is 0 Å². The molecule has 0 amide bonds. The van der Waals surface area contributed by atoms with Crippen LogP contribution in [0.5, 0.6) is 0 Å². The molecular formula is C18H12BrIN4OS. The van der Waals surface area contributed by atoms with Crippen molar-refractivity contribution in [3.8, 4) is 6.07 Å². The van der Waals surface area contributed by atoms with Gasteiger partial charge in [-0.05, 0) is 48.4 Å². The number of rotatable bonds is 3. The highest BCUT2D eigenvalue weighted by Gasteiger charge is 2.15. The Bertz CT molecular complexity index is 1260. The van der Waals surface area contributed by atoms with Crippen LogP contribution in [0.1, 0.15) is 16.7 Å². The highest BCUT2D eigenvalue weighted by atomic mass is 127. The van der Waals surface area contributed by atoms with Crippen LogP contribution in [0.15, 0.2) is 45.8 Å². The molecule has 0 aliphatic heterocycles. The highest BCUT2D eigenvalue weighted by molar-refractivity contribution is 14.2. The Morgan fingerprint density at radius 3 is 2.85 bits per heavy atom. The lowest BCUT2D eigenvalue weighted by atomic mass is 10.1. The van der Waals surface area contributed by atoms with E-state index in [4.69, 9.17) is 5.26 Å². The van der Waals surface area contributed by atoms with Gasteiger partial charge >= 0.3 is 0 Å². The molecule has 0 bridgehead atoms. The molecule has 5 nitrogen and oxygen atoms in total. The van der Waals surface area contributed by atoms with Gasteiger partial charge in [-0.3, -0.25) is 13.9 Å². The SMILES string of the molecule is Cc1cc(Br)c(Cn2[nH]c3ccc(C#N)cc3c2=O)c2ccn(SI)c12. The molecule has 0 aliphatic carbocycles. The Kier molecular flexibility index (Phi) is 4.62. The third kappa shape index (κ3) is 2.78. The summed E-state index contributed by atoms with van der Waals surface area (Å²) >= 11 is 5.92. The maximum absolute atomic E-state index is 12.8. The molecule has 8 heteroatoms. The van der Waals surface area contributed by atoms with E-state index in [0.717, 1.165) is 26.5 Å². The highest BCUT2D eigenvalue weighted by Crippen LogP contribution is 2.34. The van der Waals surface area contributed by atoms with Crippen molar-refractivity contribution in [2.75, 3.05) is 0 Å². The number of fused-ring (bicyclic) bond motifs is 2. The first-order valence-corrected chi connectivity index (χ1v) is 11.8. The van der Waals surface area contributed by atoms with Crippen molar-refractivity contribution in [3.05, 3.63) is 68.0 Å². The average molecular weight is 539 g/mol. The van der Waals surface area contributed by atoms with Crippen LogP contribution in [0.25, 0.3) is 21.8 Å². The number of nitriles is 1.